The van der Waals surface area contributed by atoms with E-state index in [1.54, 1.807) is 29.1 Å². The summed E-state index contributed by atoms with van der Waals surface area (Å²) in [5.41, 5.74) is -0.323. The van der Waals surface area contributed by atoms with Crippen LogP contribution in [0.5, 0.6) is 5.75 Å². The third-order valence-electron chi connectivity index (χ3n) is 6.43. The molecule has 3 atom stereocenters. The van der Waals surface area contributed by atoms with E-state index < -0.39 is 35.4 Å². The summed E-state index contributed by atoms with van der Waals surface area (Å²) in [4.78, 5) is 5.53. The molecule has 2 aromatic rings. The fourth-order valence-electron chi connectivity index (χ4n) is 4.48. The highest BCUT2D eigenvalue weighted by Gasteiger charge is 2.40. The first-order chi connectivity index (χ1) is 17.0. The molecule has 36 heavy (non-hydrogen) atoms. The quantitative estimate of drug-likeness (QED) is 0.533. The van der Waals surface area contributed by atoms with Gasteiger partial charge in [0.2, 0.25) is 0 Å². The fraction of sp³-hybridized carbons (Fsp3) is 0.385. The van der Waals surface area contributed by atoms with Crippen molar-refractivity contribution in [2.75, 3.05) is 20.2 Å². The van der Waals surface area contributed by atoms with Crippen LogP contribution in [0, 0.1) is 12.3 Å². The molecule has 10 heteroatoms. The molecule has 0 fully saturated rings. The molecule has 2 heterocycles. The number of ether oxygens (including phenoxy) is 1. The highest BCUT2D eigenvalue weighted by Crippen LogP contribution is 2.36. The van der Waals surface area contributed by atoms with Crippen LogP contribution < -0.4 is 4.74 Å². The summed E-state index contributed by atoms with van der Waals surface area (Å²) in [6, 6.07) is 5.23. The molecule has 192 valence electrons. The Morgan fingerprint density at radius 3 is 2.72 bits per heavy atom. The van der Waals surface area contributed by atoms with Gasteiger partial charge in [0.25, 0.3) is 0 Å². The van der Waals surface area contributed by atoms with Crippen LogP contribution in [0.1, 0.15) is 31.0 Å². The number of rotatable bonds is 6. The van der Waals surface area contributed by atoms with Crippen LogP contribution in [-0.2, 0) is 0 Å². The smallest absolute Gasteiger partial charge is 0.188 e. The van der Waals surface area contributed by atoms with Gasteiger partial charge in [-0.25, -0.2) is 22.5 Å². The van der Waals surface area contributed by atoms with E-state index in [1.165, 1.54) is 12.0 Å². The SMILES string of the molecule is COc1cc(C2=C(F)C(=N)N(CC(O)C3=CC(C)(F)C(F)C(F)=C3)CCC2)ccc1-n1cnc(C)c1. The number of methoxy groups -OCH3 is 1. The van der Waals surface area contributed by atoms with Crippen molar-refractivity contribution in [3.63, 3.8) is 0 Å². The van der Waals surface area contributed by atoms with Gasteiger partial charge in [-0.3, -0.25) is 5.41 Å². The van der Waals surface area contributed by atoms with Crippen molar-refractivity contribution in [2.45, 2.75) is 44.6 Å². The number of imidazole rings is 1. The van der Waals surface area contributed by atoms with Crippen LogP contribution in [0.25, 0.3) is 11.3 Å². The van der Waals surface area contributed by atoms with Crippen molar-refractivity contribution in [1.82, 2.24) is 14.5 Å². The minimum Gasteiger partial charge on any atom is -0.495 e. The number of hydrogen-bond acceptors (Lipinski definition) is 4. The highest BCUT2D eigenvalue weighted by molar-refractivity contribution is 6.01. The Labute approximate surface area is 206 Å². The molecule has 4 rings (SSSR count). The van der Waals surface area contributed by atoms with Crippen LogP contribution in [0.3, 0.4) is 0 Å². The third-order valence-corrected chi connectivity index (χ3v) is 6.43. The first kappa shape index (κ1) is 25.7. The number of nitrogens with one attached hydrogen (secondary N) is 1. The van der Waals surface area contributed by atoms with Gasteiger partial charge in [-0.2, -0.15) is 0 Å². The number of aliphatic hydroxyl groups is 1. The van der Waals surface area contributed by atoms with Crippen LogP contribution in [0.15, 0.2) is 60.1 Å². The number of nitrogens with zero attached hydrogens (tertiary/aromatic N) is 3. The normalized spacial score (nSPS) is 23.8. The van der Waals surface area contributed by atoms with E-state index >= 15 is 4.39 Å². The van der Waals surface area contributed by atoms with E-state index in [2.05, 4.69) is 4.98 Å². The zero-order chi connectivity index (χ0) is 26.2. The molecule has 0 spiro atoms. The topological polar surface area (TPSA) is 74.4 Å². The Morgan fingerprint density at radius 1 is 1.33 bits per heavy atom. The Hall–Kier alpha value is -3.40. The number of aryl methyl sites for hydroxylation is 1. The number of benzene rings is 1. The van der Waals surface area contributed by atoms with Gasteiger partial charge in [0.15, 0.2) is 23.5 Å². The molecule has 0 saturated heterocycles. The number of allylic oxidation sites excluding steroid dienone is 3. The predicted molar refractivity (Wildman–Crippen MR) is 129 cm³/mol. The standard InChI is InChI=1S/C26H28F4N4O2/c1-15-12-34(14-32-15)20-7-6-16(10-22(20)36-3)18-5-4-8-33(25(31)23(18)28)13-21(35)17-9-19(27)24(29)26(2,30)11-17/h6-7,9-12,14,21,24,31,35H,4-5,8,13H2,1-3H3. The molecule has 1 aliphatic heterocycles. The molecule has 2 N–H and O–H groups in total. The number of aromatic nitrogens is 2. The van der Waals surface area contributed by atoms with Crippen LogP contribution in [0.4, 0.5) is 17.6 Å². The summed E-state index contributed by atoms with van der Waals surface area (Å²) in [5.74, 6) is -2.01. The molecule has 6 nitrogen and oxygen atoms in total. The molecule has 2 aliphatic rings. The first-order valence-electron chi connectivity index (χ1n) is 11.5. The summed E-state index contributed by atoms with van der Waals surface area (Å²) in [6.45, 7) is 2.72. The van der Waals surface area contributed by atoms with E-state index in [-0.39, 0.29) is 18.7 Å². The Kier molecular flexibility index (Phi) is 7.08. The average molecular weight is 505 g/mol. The molecule has 1 aromatic heterocycles. The van der Waals surface area contributed by atoms with Crippen molar-refractivity contribution in [1.29, 1.82) is 5.41 Å². The minimum atomic E-state index is -2.61. The van der Waals surface area contributed by atoms with Crippen LogP contribution in [-0.4, -0.2) is 63.5 Å². The van der Waals surface area contributed by atoms with Gasteiger partial charge in [0.05, 0.1) is 30.9 Å². The molecule has 0 amide bonds. The van der Waals surface area contributed by atoms with E-state index in [0.29, 0.717) is 29.7 Å². The van der Waals surface area contributed by atoms with E-state index in [0.717, 1.165) is 30.5 Å². The first-order valence-corrected chi connectivity index (χ1v) is 11.5. The molecule has 0 bridgehead atoms. The van der Waals surface area contributed by atoms with E-state index in [1.807, 2.05) is 13.1 Å². The second-order valence-electron chi connectivity index (χ2n) is 9.20. The zero-order valence-electron chi connectivity index (χ0n) is 20.2. The van der Waals surface area contributed by atoms with Crippen molar-refractivity contribution in [3.05, 3.63) is 71.4 Å². The minimum absolute atomic E-state index is 0.150. The molecular formula is C26H28F4N4O2. The Morgan fingerprint density at radius 2 is 2.08 bits per heavy atom. The lowest BCUT2D eigenvalue weighted by Crippen LogP contribution is -2.40. The van der Waals surface area contributed by atoms with Crippen LogP contribution in [0.2, 0.25) is 0 Å². The lowest BCUT2D eigenvalue weighted by atomic mass is 9.90. The van der Waals surface area contributed by atoms with Gasteiger partial charge in [-0.05, 0) is 67.7 Å². The number of aliphatic hydroxyl groups excluding tert-OH is 1. The molecule has 3 unspecified atom stereocenters. The van der Waals surface area contributed by atoms with E-state index in [4.69, 9.17) is 10.1 Å². The van der Waals surface area contributed by atoms with Gasteiger partial charge in [0.1, 0.15) is 11.6 Å². The predicted octanol–water partition coefficient (Wildman–Crippen LogP) is 5.16. The van der Waals surface area contributed by atoms with Gasteiger partial charge >= 0.3 is 0 Å². The van der Waals surface area contributed by atoms with E-state index in [9.17, 15) is 18.3 Å². The molecular weight excluding hydrogens is 476 g/mol. The summed E-state index contributed by atoms with van der Waals surface area (Å²) in [5, 5.41) is 19.0. The number of halogens is 4. The Bertz CT molecular complexity index is 1260. The maximum Gasteiger partial charge on any atom is 0.188 e. The molecule has 0 saturated carbocycles. The lowest BCUT2D eigenvalue weighted by Gasteiger charge is -2.30. The zero-order valence-corrected chi connectivity index (χ0v) is 20.2. The third kappa shape index (κ3) is 4.95. The van der Waals surface area contributed by atoms with Crippen molar-refractivity contribution >= 4 is 11.4 Å². The van der Waals surface area contributed by atoms with Gasteiger partial charge in [-0.1, -0.05) is 6.07 Å². The molecule has 0 radical (unpaired) electrons. The number of β-amino-alcohol motifs (C(OH)–C–C–N with tert-alkyl or cyclic N) is 1. The number of alkyl halides is 2. The second kappa shape index (κ2) is 9.93. The second-order valence-corrected chi connectivity index (χ2v) is 9.20. The molecule has 1 aromatic carbocycles. The summed E-state index contributed by atoms with van der Waals surface area (Å²) >= 11 is 0. The van der Waals surface area contributed by atoms with Crippen molar-refractivity contribution < 1.29 is 27.4 Å². The maximum atomic E-state index is 15.5. The highest BCUT2D eigenvalue weighted by atomic mass is 19.2. The molecule has 1 aliphatic carbocycles. The monoisotopic (exact) mass is 504 g/mol. The Balaban J connectivity index is 1.58. The lowest BCUT2D eigenvalue weighted by molar-refractivity contribution is 0.110. The summed E-state index contributed by atoms with van der Waals surface area (Å²) in [6.07, 6.45) is 1.99. The van der Waals surface area contributed by atoms with Gasteiger partial charge < -0.3 is 19.3 Å². The fourth-order valence-corrected chi connectivity index (χ4v) is 4.48. The average Bonchev–Trinajstić information content (AvgIpc) is 3.23. The maximum absolute atomic E-state index is 15.5. The van der Waals surface area contributed by atoms with Crippen molar-refractivity contribution in [3.8, 4) is 11.4 Å². The largest absolute Gasteiger partial charge is 0.495 e. The van der Waals surface area contributed by atoms with Crippen LogP contribution >= 0.6 is 0 Å². The van der Waals surface area contributed by atoms with Crippen molar-refractivity contribution in [2.24, 2.45) is 0 Å². The summed E-state index contributed by atoms with van der Waals surface area (Å²) in [7, 11) is 1.51. The van der Waals surface area contributed by atoms with Gasteiger partial charge in [0, 0.05) is 19.3 Å². The van der Waals surface area contributed by atoms with Gasteiger partial charge in [-0.15, -0.1) is 0 Å². The number of amidine groups is 1. The number of hydrogen-bond donors (Lipinski definition) is 2. The summed E-state index contributed by atoms with van der Waals surface area (Å²) < 4.78 is 64.8.